The van der Waals surface area contributed by atoms with Gasteiger partial charge in [0.15, 0.2) is 0 Å². The van der Waals surface area contributed by atoms with Crippen LogP contribution in [0.4, 0.5) is 5.69 Å². The number of hydrogen-bond acceptors (Lipinski definition) is 4. The van der Waals surface area contributed by atoms with Crippen LogP contribution in [0.5, 0.6) is 5.75 Å². The van der Waals surface area contributed by atoms with Crippen molar-refractivity contribution in [2.45, 2.75) is 34.1 Å². The van der Waals surface area contributed by atoms with Gasteiger partial charge in [-0.2, -0.15) is 8.42 Å². The normalized spacial score (nSPS) is 12.0. The summed E-state index contributed by atoms with van der Waals surface area (Å²) in [7, 11) is -3.59. The maximum atomic E-state index is 11.8. The molecular formula is C14H21NO4S. The van der Waals surface area contributed by atoms with Crippen molar-refractivity contribution < 1.29 is 17.4 Å². The van der Waals surface area contributed by atoms with E-state index in [0.717, 1.165) is 0 Å². The van der Waals surface area contributed by atoms with Gasteiger partial charge < -0.3 is 9.50 Å². The highest BCUT2D eigenvalue weighted by atomic mass is 32.2. The first-order valence-electron chi connectivity index (χ1n) is 6.37. The third-order valence-corrected chi connectivity index (χ3v) is 3.65. The Hall–Kier alpha value is -1.56. The quantitative estimate of drug-likeness (QED) is 0.849. The molecule has 6 heteroatoms. The van der Waals surface area contributed by atoms with Gasteiger partial charge in [0, 0.05) is 12.6 Å². The Bertz CT molecular complexity index is 556. The average Bonchev–Trinajstić information content (AvgIpc) is 2.28. The van der Waals surface area contributed by atoms with E-state index in [1.807, 2.05) is 20.8 Å². The first-order valence-corrected chi connectivity index (χ1v) is 7.95. The van der Waals surface area contributed by atoms with Crippen LogP contribution in [-0.4, -0.2) is 20.1 Å². The van der Waals surface area contributed by atoms with E-state index < -0.39 is 10.1 Å². The summed E-state index contributed by atoms with van der Waals surface area (Å²) in [5.74, 6) is 0.0358. The number of anilines is 1. The van der Waals surface area contributed by atoms with Crippen molar-refractivity contribution in [3.63, 3.8) is 0 Å². The predicted molar refractivity (Wildman–Crippen MR) is 79.2 cm³/mol. The molecule has 0 aliphatic heterocycles. The van der Waals surface area contributed by atoms with E-state index in [0.29, 0.717) is 12.1 Å². The van der Waals surface area contributed by atoms with E-state index in [9.17, 15) is 13.2 Å². The van der Waals surface area contributed by atoms with Crippen molar-refractivity contribution in [3.05, 3.63) is 24.3 Å². The Balaban J connectivity index is 2.66. The number of carbonyl (C=O) groups excluding carboxylic acids is 1. The smallest absolute Gasteiger partial charge is 0.309 e. The number of rotatable bonds is 5. The molecule has 0 saturated heterocycles. The minimum Gasteiger partial charge on any atom is -0.382 e. The molecule has 0 heterocycles. The molecule has 1 amide bonds. The monoisotopic (exact) mass is 299 g/mol. The number of amides is 1. The molecule has 0 aliphatic rings. The summed E-state index contributed by atoms with van der Waals surface area (Å²) in [6.45, 7) is 7.33. The Labute approximate surface area is 120 Å². The lowest BCUT2D eigenvalue weighted by molar-refractivity contribution is -0.114. The van der Waals surface area contributed by atoms with Crippen LogP contribution in [0.25, 0.3) is 0 Å². The van der Waals surface area contributed by atoms with E-state index >= 15 is 0 Å². The maximum absolute atomic E-state index is 11.8. The van der Waals surface area contributed by atoms with Crippen molar-refractivity contribution >= 4 is 21.7 Å². The Morgan fingerprint density at radius 3 is 2.20 bits per heavy atom. The third-order valence-electron chi connectivity index (χ3n) is 2.50. The largest absolute Gasteiger partial charge is 0.382 e. The van der Waals surface area contributed by atoms with Gasteiger partial charge in [-0.1, -0.05) is 20.8 Å². The lowest BCUT2D eigenvalue weighted by atomic mass is 9.94. The Morgan fingerprint density at radius 1 is 1.20 bits per heavy atom. The van der Waals surface area contributed by atoms with Crippen LogP contribution < -0.4 is 9.50 Å². The zero-order chi connectivity index (χ0) is 15.4. The fourth-order valence-corrected chi connectivity index (χ4v) is 2.77. The molecule has 5 nitrogen and oxygen atoms in total. The lowest BCUT2D eigenvalue weighted by Crippen LogP contribution is -2.19. The fraction of sp³-hybridized carbons (Fsp3) is 0.500. The molecule has 1 aromatic rings. The second-order valence-electron chi connectivity index (χ2n) is 5.86. The van der Waals surface area contributed by atoms with E-state index in [1.165, 1.54) is 19.1 Å². The summed E-state index contributed by atoms with van der Waals surface area (Å²) < 4.78 is 28.7. The molecule has 0 saturated carbocycles. The summed E-state index contributed by atoms with van der Waals surface area (Å²) in [5.41, 5.74) is 0.531. The van der Waals surface area contributed by atoms with Crippen LogP contribution in [0.2, 0.25) is 0 Å². The molecule has 0 unspecified atom stereocenters. The van der Waals surface area contributed by atoms with Gasteiger partial charge in [0.2, 0.25) is 5.91 Å². The van der Waals surface area contributed by atoms with Crippen LogP contribution >= 0.6 is 0 Å². The van der Waals surface area contributed by atoms with E-state index in [-0.39, 0.29) is 22.8 Å². The number of nitrogens with one attached hydrogen (secondary N) is 1. The Kier molecular flexibility index (Phi) is 5.16. The molecule has 0 bridgehead atoms. The number of carbonyl (C=O) groups is 1. The second kappa shape index (κ2) is 6.26. The van der Waals surface area contributed by atoms with E-state index in [2.05, 4.69) is 5.32 Å². The van der Waals surface area contributed by atoms with Gasteiger partial charge in [-0.25, -0.2) is 0 Å². The molecule has 0 aliphatic carbocycles. The standard InChI is InChI=1S/C14H21NO4S/c1-11(16)15-12-5-7-13(8-6-12)19-20(17,18)10-9-14(2,3)4/h5-8H,9-10H2,1-4H3,(H,15,16). The van der Waals surface area contributed by atoms with Crippen molar-refractivity contribution in [1.29, 1.82) is 0 Å². The highest BCUT2D eigenvalue weighted by molar-refractivity contribution is 7.87. The fourth-order valence-electron chi connectivity index (χ4n) is 1.42. The van der Waals surface area contributed by atoms with Crippen LogP contribution in [0.15, 0.2) is 24.3 Å². The van der Waals surface area contributed by atoms with Gasteiger partial charge in [-0.05, 0) is 36.1 Å². The summed E-state index contributed by atoms with van der Waals surface area (Å²) in [4.78, 5) is 10.9. The van der Waals surface area contributed by atoms with E-state index in [4.69, 9.17) is 4.18 Å². The highest BCUT2D eigenvalue weighted by Gasteiger charge is 2.18. The van der Waals surface area contributed by atoms with Crippen LogP contribution in [0.3, 0.4) is 0 Å². The first kappa shape index (κ1) is 16.5. The molecule has 112 valence electrons. The molecule has 0 fully saturated rings. The molecule has 0 radical (unpaired) electrons. The van der Waals surface area contributed by atoms with Crippen molar-refractivity contribution in [1.82, 2.24) is 0 Å². The average molecular weight is 299 g/mol. The molecule has 1 rings (SSSR count). The van der Waals surface area contributed by atoms with Gasteiger partial charge in [-0.3, -0.25) is 4.79 Å². The number of hydrogen-bond donors (Lipinski definition) is 1. The molecule has 1 aromatic carbocycles. The number of benzene rings is 1. The predicted octanol–water partition coefficient (Wildman–Crippen LogP) is 2.79. The van der Waals surface area contributed by atoms with Gasteiger partial charge in [0.25, 0.3) is 0 Å². The molecule has 20 heavy (non-hydrogen) atoms. The molecule has 0 atom stereocenters. The third kappa shape index (κ3) is 6.56. The van der Waals surface area contributed by atoms with Crippen molar-refractivity contribution in [3.8, 4) is 5.75 Å². The van der Waals surface area contributed by atoms with Gasteiger partial charge >= 0.3 is 10.1 Å². The lowest BCUT2D eigenvalue weighted by Gasteiger charge is -2.17. The van der Waals surface area contributed by atoms with Crippen molar-refractivity contribution in [2.24, 2.45) is 5.41 Å². The van der Waals surface area contributed by atoms with Gasteiger partial charge in [-0.15, -0.1) is 0 Å². The molecule has 1 N–H and O–H groups in total. The molecular weight excluding hydrogens is 278 g/mol. The highest BCUT2D eigenvalue weighted by Crippen LogP contribution is 2.22. The minimum atomic E-state index is -3.59. The summed E-state index contributed by atoms with van der Waals surface area (Å²) in [6.07, 6.45) is 0.527. The summed E-state index contributed by atoms with van der Waals surface area (Å²) >= 11 is 0. The maximum Gasteiger partial charge on any atom is 0.309 e. The van der Waals surface area contributed by atoms with Crippen LogP contribution in [0.1, 0.15) is 34.1 Å². The van der Waals surface area contributed by atoms with Gasteiger partial charge in [0.1, 0.15) is 5.75 Å². The molecule has 0 aromatic heterocycles. The minimum absolute atomic E-state index is 0.0239. The van der Waals surface area contributed by atoms with Crippen molar-refractivity contribution in [2.75, 3.05) is 11.1 Å². The zero-order valence-electron chi connectivity index (χ0n) is 12.3. The van der Waals surface area contributed by atoms with Crippen LogP contribution in [-0.2, 0) is 14.9 Å². The topological polar surface area (TPSA) is 72.5 Å². The van der Waals surface area contributed by atoms with Gasteiger partial charge in [0.05, 0.1) is 5.75 Å². The van der Waals surface area contributed by atoms with E-state index in [1.54, 1.807) is 12.1 Å². The first-order chi connectivity index (χ1) is 9.07. The Morgan fingerprint density at radius 2 is 1.75 bits per heavy atom. The zero-order valence-corrected chi connectivity index (χ0v) is 13.1. The SMILES string of the molecule is CC(=O)Nc1ccc(OS(=O)(=O)CCC(C)(C)C)cc1. The molecule has 0 spiro atoms. The van der Waals surface area contributed by atoms with Crippen LogP contribution in [0, 0.1) is 5.41 Å². The summed E-state index contributed by atoms with van der Waals surface area (Å²) in [6, 6.07) is 6.21. The summed E-state index contributed by atoms with van der Waals surface area (Å²) in [5, 5.41) is 2.60. The second-order valence-corrected chi connectivity index (χ2v) is 7.55.